The minimum absolute atomic E-state index is 0.205. The molecule has 10 aliphatic rings. The number of rotatable bonds is 48. The third-order valence-electron chi connectivity index (χ3n) is 39.1. The van der Waals surface area contributed by atoms with Crippen LogP contribution in [0.15, 0.2) is 334 Å². The van der Waals surface area contributed by atoms with Crippen molar-refractivity contribution in [2.24, 2.45) is 0 Å². The van der Waals surface area contributed by atoms with E-state index in [2.05, 4.69) is 391 Å². The van der Waals surface area contributed by atoms with Gasteiger partial charge in [0.2, 0.25) is 0 Å². The number of halogens is 2. The fourth-order valence-electron chi connectivity index (χ4n) is 33.4. The van der Waals surface area contributed by atoms with Crippen LogP contribution in [0.3, 0.4) is 0 Å². The molecule has 2 fully saturated rings. The predicted molar refractivity (Wildman–Crippen MR) is 654 cm³/mol. The second-order valence-electron chi connectivity index (χ2n) is 47.2. The van der Waals surface area contributed by atoms with Gasteiger partial charge in [0.05, 0.1) is 0 Å². The van der Waals surface area contributed by atoms with Crippen LogP contribution in [0.4, 0.5) is 0 Å². The molecular formula is C134H176Cl2O4Si6Zr. The Labute approximate surface area is 899 Å². The second-order valence-corrected chi connectivity index (χ2v) is 103. The van der Waals surface area contributed by atoms with E-state index in [0.717, 1.165) is 100 Å². The molecule has 778 valence electrons. The van der Waals surface area contributed by atoms with E-state index in [0.29, 0.717) is 0 Å². The Morgan fingerprint density at radius 1 is 0.259 bits per heavy atom. The average molecular weight is 2180 g/mol. The van der Waals surface area contributed by atoms with Gasteiger partial charge in [-0.25, -0.2) is 0 Å². The molecule has 8 aliphatic carbocycles. The van der Waals surface area contributed by atoms with Crippen LogP contribution in [0.5, 0.6) is 23.0 Å². The fourth-order valence-corrected chi connectivity index (χ4v) is 176. The molecule has 0 aromatic heterocycles. The van der Waals surface area contributed by atoms with Crippen molar-refractivity contribution in [3.8, 4) is 23.0 Å². The van der Waals surface area contributed by atoms with E-state index in [9.17, 15) is 17.0 Å². The van der Waals surface area contributed by atoms with Crippen LogP contribution < -0.4 is 17.7 Å². The molecule has 0 amide bonds. The third-order valence-corrected chi connectivity index (χ3v) is 142. The van der Waals surface area contributed by atoms with Crippen LogP contribution >= 0.6 is 17.0 Å². The zero-order chi connectivity index (χ0) is 103. The molecule has 0 bridgehead atoms. The van der Waals surface area contributed by atoms with Gasteiger partial charge in [0.15, 0.2) is 0 Å². The van der Waals surface area contributed by atoms with E-state index in [-0.39, 0.29) is 23.7 Å². The van der Waals surface area contributed by atoms with Crippen molar-refractivity contribution >= 4 is 111 Å². The Morgan fingerprint density at radius 3 is 0.612 bits per heavy atom. The summed E-state index contributed by atoms with van der Waals surface area (Å²) in [6.45, 7) is 44.8. The van der Waals surface area contributed by atoms with Gasteiger partial charge >= 0.3 is 825 Å². The zero-order valence-electron chi connectivity index (χ0n) is 93.2. The zero-order valence-corrected chi connectivity index (χ0v) is 103. The second kappa shape index (κ2) is 45.0. The summed E-state index contributed by atoms with van der Waals surface area (Å²) in [7, 11) is 9.60. The molecule has 0 N–H and O–H groups in total. The number of unbranched alkanes of at least 4 members (excludes halogenated alkanes) is 12. The van der Waals surface area contributed by atoms with Crippen LogP contribution in [-0.2, 0) is 14.9 Å². The number of benzene rings is 8. The molecule has 147 heavy (non-hydrogen) atoms. The van der Waals surface area contributed by atoms with Gasteiger partial charge in [0.25, 0.3) is 0 Å². The van der Waals surface area contributed by atoms with E-state index >= 15 is 0 Å². The maximum absolute atomic E-state index is 12.4. The average Bonchev–Trinajstić information content (AvgIpc) is 1.45. The van der Waals surface area contributed by atoms with Crippen LogP contribution in [0, 0.1) is 0 Å². The Bertz CT molecular complexity index is 5940. The molecule has 8 unspecified atom stereocenters. The van der Waals surface area contributed by atoms with Gasteiger partial charge in [-0.3, -0.25) is 0 Å². The molecule has 18 rings (SSSR count). The SMILES string of the molecule is CCCC[Si](CCCC)(CCCC)Oc1cc(C2C=CC=CC3=C2C=C(C)[C]32[SiH](C)[C]3(C(C)=CC4=C3C=CC=CC4c3cc(O[Si](CCCC)(CCCC)CCCC)cc4ccccc34)[Zr]23([Cl])([Cl])[C]2(C(C)=CC4=C2C=CC=CC4c2cc(O[Si](CCCC)(CCCC)CCCC)cc4ccccc24)[SiH](C)[C]32C(C)=CC3=C2C=CC=CC3c2cc(O[Si](CCCC)(CCCC)CCCC)cc3ccccc23)c2ccccc2c1. The summed E-state index contributed by atoms with van der Waals surface area (Å²) in [5.74, 6) is 3.35. The quantitative estimate of drug-likeness (QED) is 0.0356. The number of fused-ring (bicyclic) bond motifs is 12. The summed E-state index contributed by atoms with van der Waals surface area (Å²) in [4.78, 5) is 0. The molecule has 8 aromatic rings. The standard InChI is InChI=1S/2C67H88O2Si3.2ClH.Zr/c2*1-10-16-38-71(39-17-11-2,40-18-12-3)68-54-46-52-30-22-24-32-56(52)64(48-54)58-34-26-28-36-60-62(58)44-50(7)66(60)70(9)67-51(8)45-63-59(35-27-29-37-61(63)67)65-49-55(47-53-31-23-25-33-57(53)65)69-72(41-19-13-4,42-20-14-5)43-21-15-6;;;/h2*22-37,44-49,58-59,70H,10-21,38-43H2,1-9H3;2*1H;/q;;;;+2/p-2. The first-order valence-electron chi connectivity index (χ1n) is 59.1. The Kier molecular flexibility index (Phi) is 33.4. The van der Waals surface area contributed by atoms with Crippen molar-refractivity contribution < 1.29 is 32.6 Å². The van der Waals surface area contributed by atoms with Crippen molar-refractivity contribution in [1.29, 1.82) is 0 Å². The molecule has 0 radical (unpaired) electrons. The summed E-state index contributed by atoms with van der Waals surface area (Å²) < 4.78 is 29.1. The van der Waals surface area contributed by atoms with Crippen molar-refractivity contribution in [3.63, 3.8) is 0 Å². The van der Waals surface area contributed by atoms with Gasteiger partial charge in [0, 0.05) is 0 Å². The number of hydrogen-bond acceptors (Lipinski definition) is 4. The molecule has 13 heteroatoms. The summed E-state index contributed by atoms with van der Waals surface area (Å²) in [5.41, 5.74) is 21.6. The van der Waals surface area contributed by atoms with Crippen LogP contribution in [0.25, 0.3) is 43.1 Å². The minimum atomic E-state index is -8.27. The van der Waals surface area contributed by atoms with Crippen LogP contribution in [0.2, 0.25) is 96.6 Å². The Balaban J connectivity index is 0.987. The van der Waals surface area contributed by atoms with Crippen molar-refractivity contribution in [2.45, 2.75) is 385 Å². The van der Waals surface area contributed by atoms with Gasteiger partial charge in [-0.2, -0.15) is 0 Å². The summed E-state index contributed by atoms with van der Waals surface area (Å²) in [6, 6.07) is 71.6. The monoisotopic (exact) mass is 2180 g/mol. The molecule has 8 atom stereocenters. The first kappa shape index (κ1) is 109. The first-order valence-corrected chi connectivity index (χ1v) is 85.1. The first-order chi connectivity index (χ1) is 71.3. The fraction of sp³-hybridized carbons (Fsp3) is 0.463. The Morgan fingerprint density at radius 2 is 0.435 bits per heavy atom. The number of hydrogen-bond donors (Lipinski definition) is 0. The summed E-state index contributed by atoms with van der Waals surface area (Å²) in [5, 5.41) is 10.0. The van der Waals surface area contributed by atoms with Crippen LogP contribution in [0.1, 0.15) is 311 Å². The van der Waals surface area contributed by atoms with E-state index < -0.39 is 76.8 Å². The molecule has 2 aliphatic heterocycles. The van der Waals surface area contributed by atoms with Crippen molar-refractivity contribution in [3.05, 3.63) is 356 Å². The van der Waals surface area contributed by atoms with E-state index in [1.807, 2.05) is 0 Å². The van der Waals surface area contributed by atoms with Crippen LogP contribution in [-0.4, -0.2) is 50.9 Å². The maximum atomic E-state index is 12.4. The van der Waals surface area contributed by atoms with Gasteiger partial charge in [-0.15, -0.1) is 0 Å². The predicted octanol–water partition coefficient (Wildman–Crippen LogP) is 42.2. The number of allylic oxidation sites excluding steroid dienone is 32. The third kappa shape index (κ3) is 17.1. The van der Waals surface area contributed by atoms with E-state index in [1.54, 1.807) is 0 Å². The molecule has 5 spiro atoms. The Hall–Kier alpha value is -7.40. The summed E-state index contributed by atoms with van der Waals surface area (Å²) >= 11 is -8.27. The van der Waals surface area contributed by atoms with Gasteiger partial charge in [-0.05, 0) is 0 Å². The van der Waals surface area contributed by atoms with Crippen molar-refractivity contribution in [2.75, 3.05) is 0 Å². The van der Waals surface area contributed by atoms with E-state index in [4.69, 9.17) is 17.7 Å². The molecular weight excluding hydrogens is 2000 g/mol. The molecule has 2 saturated heterocycles. The van der Waals surface area contributed by atoms with Gasteiger partial charge in [0.1, 0.15) is 0 Å². The normalized spacial score (nSPS) is 24.8. The van der Waals surface area contributed by atoms with E-state index in [1.165, 1.54) is 282 Å². The topological polar surface area (TPSA) is 36.9 Å². The molecule has 2 heterocycles. The molecule has 4 nitrogen and oxygen atoms in total. The van der Waals surface area contributed by atoms with Gasteiger partial charge < -0.3 is 0 Å². The van der Waals surface area contributed by atoms with Gasteiger partial charge in [-0.1, -0.05) is 83.1 Å². The molecule has 8 aromatic carbocycles. The van der Waals surface area contributed by atoms with Crippen molar-refractivity contribution in [1.82, 2.24) is 0 Å². The summed E-state index contributed by atoms with van der Waals surface area (Å²) in [6.07, 6.45) is 80.0. The molecule has 0 saturated carbocycles.